The lowest BCUT2D eigenvalue weighted by Crippen LogP contribution is -2.11. The Kier molecular flexibility index (Phi) is 2.83. The molecule has 0 radical (unpaired) electrons. The first-order valence-electron chi connectivity index (χ1n) is 6.15. The molecular formula is C15H14N2O2. The molecule has 1 amide bonds. The fraction of sp³-hybridized carbons (Fsp3) is 0.133. The minimum Gasteiger partial charge on any atom is -0.493 e. The van der Waals surface area contributed by atoms with Crippen LogP contribution in [0.25, 0.3) is 0 Å². The van der Waals surface area contributed by atoms with Gasteiger partial charge in [-0.05, 0) is 48.0 Å². The second-order valence-electron chi connectivity index (χ2n) is 4.50. The van der Waals surface area contributed by atoms with E-state index in [1.54, 1.807) is 24.3 Å². The molecule has 0 saturated carbocycles. The average molecular weight is 254 g/mol. The summed E-state index contributed by atoms with van der Waals surface area (Å²) in [6.07, 6.45) is 0.890. The molecule has 1 heterocycles. The van der Waals surface area contributed by atoms with Gasteiger partial charge in [0.15, 0.2) is 0 Å². The van der Waals surface area contributed by atoms with Crippen LogP contribution in [0.1, 0.15) is 15.9 Å². The number of carbonyl (C=O) groups excluding carboxylic acids is 1. The molecule has 19 heavy (non-hydrogen) atoms. The highest BCUT2D eigenvalue weighted by Crippen LogP contribution is 2.28. The normalized spacial score (nSPS) is 12.6. The standard InChI is InChI=1S/C15H14N2O2/c16-12-3-1-10(2-4-12)15(18)17-13-5-6-14-11(9-13)7-8-19-14/h1-6,9H,7-8,16H2,(H,17,18). The van der Waals surface area contributed by atoms with Crippen molar-refractivity contribution in [2.24, 2.45) is 0 Å². The van der Waals surface area contributed by atoms with Crippen LogP contribution in [0.2, 0.25) is 0 Å². The maximum absolute atomic E-state index is 12.0. The predicted molar refractivity (Wildman–Crippen MR) is 74.4 cm³/mol. The minimum absolute atomic E-state index is 0.140. The van der Waals surface area contributed by atoms with Gasteiger partial charge in [-0.25, -0.2) is 0 Å². The third kappa shape index (κ3) is 2.38. The first-order valence-corrected chi connectivity index (χ1v) is 6.15. The molecule has 3 N–H and O–H groups in total. The molecule has 4 nitrogen and oxygen atoms in total. The molecule has 3 rings (SSSR count). The Morgan fingerprint density at radius 1 is 1.16 bits per heavy atom. The summed E-state index contributed by atoms with van der Waals surface area (Å²) in [6, 6.07) is 12.5. The highest BCUT2D eigenvalue weighted by molar-refractivity contribution is 6.04. The van der Waals surface area contributed by atoms with Crippen molar-refractivity contribution in [2.45, 2.75) is 6.42 Å². The third-order valence-electron chi connectivity index (χ3n) is 3.12. The summed E-state index contributed by atoms with van der Waals surface area (Å²) >= 11 is 0. The molecule has 96 valence electrons. The molecule has 0 bridgehead atoms. The van der Waals surface area contributed by atoms with Gasteiger partial charge in [0.05, 0.1) is 6.61 Å². The van der Waals surface area contributed by atoms with Crippen LogP contribution in [0.4, 0.5) is 11.4 Å². The predicted octanol–water partition coefficient (Wildman–Crippen LogP) is 2.46. The average Bonchev–Trinajstić information content (AvgIpc) is 2.87. The van der Waals surface area contributed by atoms with Crippen molar-refractivity contribution in [3.8, 4) is 5.75 Å². The van der Waals surface area contributed by atoms with E-state index in [1.807, 2.05) is 18.2 Å². The number of ether oxygens (including phenoxy) is 1. The summed E-state index contributed by atoms with van der Waals surface area (Å²) in [4.78, 5) is 12.0. The number of rotatable bonds is 2. The summed E-state index contributed by atoms with van der Waals surface area (Å²) in [7, 11) is 0. The maximum atomic E-state index is 12.0. The fourth-order valence-electron chi connectivity index (χ4n) is 2.10. The van der Waals surface area contributed by atoms with Gasteiger partial charge in [0.2, 0.25) is 0 Å². The second-order valence-corrected chi connectivity index (χ2v) is 4.50. The Morgan fingerprint density at radius 2 is 1.95 bits per heavy atom. The molecule has 0 spiro atoms. The van der Waals surface area contributed by atoms with Crippen molar-refractivity contribution >= 4 is 17.3 Å². The van der Waals surface area contributed by atoms with E-state index in [1.165, 1.54) is 0 Å². The molecular weight excluding hydrogens is 240 g/mol. The quantitative estimate of drug-likeness (QED) is 0.809. The van der Waals surface area contributed by atoms with Gasteiger partial charge in [0.25, 0.3) is 5.91 Å². The zero-order valence-corrected chi connectivity index (χ0v) is 10.3. The highest BCUT2D eigenvalue weighted by Gasteiger charge is 2.13. The lowest BCUT2D eigenvalue weighted by Gasteiger charge is -2.07. The summed E-state index contributed by atoms with van der Waals surface area (Å²) in [5.41, 5.74) is 8.75. The highest BCUT2D eigenvalue weighted by atomic mass is 16.5. The Hall–Kier alpha value is -2.49. The fourth-order valence-corrected chi connectivity index (χ4v) is 2.10. The SMILES string of the molecule is Nc1ccc(C(=O)Nc2ccc3c(c2)CCO3)cc1. The number of anilines is 2. The summed E-state index contributed by atoms with van der Waals surface area (Å²) in [6.45, 7) is 0.713. The van der Waals surface area contributed by atoms with Crippen molar-refractivity contribution in [2.75, 3.05) is 17.7 Å². The number of hydrogen-bond acceptors (Lipinski definition) is 3. The van der Waals surface area contributed by atoms with Crippen LogP contribution >= 0.6 is 0 Å². The number of amides is 1. The first kappa shape index (κ1) is 11.6. The van der Waals surface area contributed by atoms with Crippen LogP contribution < -0.4 is 15.8 Å². The van der Waals surface area contributed by atoms with Crippen molar-refractivity contribution in [1.82, 2.24) is 0 Å². The molecule has 0 fully saturated rings. The molecule has 0 atom stereocenters. The number of nitrogen functional groups attached to an aromatic ring is 1. The zero-order valence-electron chi connectivity index (χ0n) is 10.3. The Bertz CT molecular complexity index is 621. The van der Waals surface area contributed by atoms with Crippen LogP contribution in [-0.4, -0.2) is 12.5 Å². The van der Waals surface area contributed by atoms with Crippen molar-refractivity contribution < 1.29 is 9.53 Å². The smallest absolute Gasteiger partial charge is 0.255 e. The van der Waals surface area contributed by atoms with Crippen LogP contribution in [0, 0.1) is 0 Å². The van der Waals surface area contributed by atoms with E-state index in [2.05, 4.69) is 5.32 Å². The maximum Gasteiger partial charge on any atom is 0.255 e. The van der Waals surface area contributed by atoms with Gasteiger partial charge in [-0.15, -0.1) is 0 Å². The van der Waals surface area contributed by atoms with Crippen molar-refractivity contribution in [3.63, 3.8) is 0 Å². The molecule has 2 aromatic rings. The third-order valence-corrected chi connectivity index (χ3v) is 3.12. The lowest BCUT2D eigenvalue weighted by atomic mass is 10.1. The van der Waals surface area contributed by atoms with Gasteiger partial charge in [0, 0.05) is 23.4 Å². The van der Waals surface area contributed by atoms with Crippen molar-refractivity contribution in [3.05, 3.63) is 53.6 Å². The van der Waals surface area contributed by atoms with E-state index < -0.39 is 0 Å². The molecule has 1 aliphatic rings. The molecule has 0 saturated heterocycles. The monoisotopic (exact) mass is 254 g/mol. The molecule has 1 aliphatic heterocycles. The van der Waals surface area contributed by atoms with Crippen LogP contribution in [0.3, 0.4) is 0 Å². The molecule has 4 heteroatoms. The number of nitrogens with two attached hydrogens (primary N) is 1. The lowest BCUT2D eigenvalue weighted by molar-refractivity contribution is 0.102. The zero-order chi connectivity index (χ0) is 13.2. The number of hydrogen-bond donors (Lipinski definition) is 2. The molecule has 0 aromatic heterocycles. The first-order chi connectivity index (χ1) is 9.22. The Balaban J connectivity index is 1.77. The summed E-state index contributed by atoms with van der Waals surface area (Å²) in [5.74, 6) is 0.768. The van der Waals surface area contributed by atoms with Crippen LogP contribution in [-0.2, 0) is 6.42 Å². The molecule has 0 unspecified atom stereocenters. The van der Waals surface area contributed by atoms with Gasteiger partial charge in [0.1, 0.15) is 5.75 Å². The number of benzene rings is 2. The topological polar surface area (TPSA) is 64.4 Å². The van der Waals surface area contributed by atoms with E-state index in [9.17, 15) is 4.79 Å². The minimum atomic E-state index is -0.140. The van der Waals surface area contributed by atoms with Gasteiger partial charge in [-0.1, -0.05) is 0 Å². The number of fused-ring (bicyclic) bond motifs is 1. The largest absolute Gasteiger partial charge is 0.493 e. The van der Waals surface area contributed by atoms with E-state index in [0.717, 1.165) is 23.4 Å². The van der Waals surface area contributed by atoms with Gasteiger partial charge < -0.3 is 15.8 Å². The van der Waals surface area contributed by atoms with Crippen LogP contribution in [0.5, 0.6) is 5.75 Å². The van der Waals surface area contributed by atoms with Crippen molar-refractivity contribution in [1.29, 1.82) is 0 Å². The Labute approximate surface area is 111 Å². The molecule has 0 aliphatic carbocycles. The van der Waals surface area contributed by atoms with Gasteiger partial charge in [-0.3, -0.25) is 4.79 Å². The van der Waals surface area contributed by atoms with E-state index in [4.69, 9.17) is 10.5 Å². The molecule has 2 aromatic carbocycles. The van der Waals surface area contributed by atoms with E-state index in [0.29, 0.717) is 17.9 Å². The second kappa shape index (κ2) is 4.65. The summed E-state index contributed by atoms with van der Waals surface area (Å²) < 4.78 is 5.43. The van der Waals surface area contributed by atoms with Gasteiger partial charge >= 0.3 is 0 Å². The van der Waals surface area contributed by atoms with Crippen LogP contribution in [0.15, 0.2) is 42.5 Å². The Morgan fingerprint density at radius 3 is 2.74 bits per heavy atom. The van der Waals surface area contributed by atoms with E-state index in [-0.39, 0.29) is 5.91 Å². The van der Waals surface area contributed by atoms with E-state index >= 15 is 0 Å². The number of carbonyl (C=O) groups is 1. The van der Waals surface area contributed by atoms with Gasteiger partial charge in [-0.2, -0.15) is 0 Å². The number of nitrogens with one attached hydrogen (secondary N) is 1. The summed E-state index contributed by atoms with van der Waals surface area (Å²) in [5, 5.41) is 2.87.